The van der Waals surface area contributed by atoms with Gasteiger partial charge in [-0.3, -0.25) is 14.6 Å². The number of ether oxygens (including phenoxy) is 1. The van der Waals surface area contributed by atoms with Gasteiger partial charge in [0.15, 0.2) is 29.2 Å². The quantitative estimate of drug-likeness (QED) is 0.0921. The molecule has 0 saturated carbocycles. The van der Waals surface area contributed by atoms with Gasteiger partial charge in [0, 0.05) is 22.7 Å². The van der Waals surface area contributed by atoms with Gasteiger partial charge in [-0.2, -0.15) is 0 Å². The van der Waals surface area contributed by atoms with Gasteiger partial charge in [0.25, 0.3) is 17.6 Å². The highest BCUT2D eigenvalue weighted by molar-refractivity contribution is 14.1. The highest BCUT2D eigenvalue weighted by atomic mass is 127. The standard InChI is InChI=1S/C30H37IN8O5/c1-5-38-23-9-8-21(44-17-27(42)37(15-19(4)40)16-22-25(41)10-7-18(3)35-22)11-24(23)39(6-2)26(38)14-34-30(43)28-29(32)33-13-20(12-31)36-28/h7-11,13,19,40H,5-6,12,14-17H2,1-4H3,(H3-,32,33,34,41,43)/p+1/t19-/m0/s1. The van der Waals surface area contributed by atoms with Crippen LogP contribution in [0.25, 0.3) is 11.0 Å². The van der Waals surface area contributed by atoms with E-state index < -0.39 is 12.0 Å². The van der Waals surface area contributed by atoms with Crippen LogP contribution in [0, 0.1) is 6.92 Å². The van der Waals surface area contributed by atoms with Crippen LogP contribution in [0.3, 0.4) is 0 Å². The molecule has 4 rings (SSSR count). The number of aromatic nitrogens is 5. The third-order valence-corrected chi connectivity index (χ3v) is 7.80. The van der Waals surface area contributed by atoms with Crippen molar-refractivity contribution in [1.29, 1.82) is 0 Å². The van der Waals surface area contributed by atoms with Crippen LogP contribution in [-0.4, -0.2) is 65.7 Å². The number of carbonyl (C=O) groups excluding carboxylic acids is 2. The lowest BCUT2D eigenvalue weighted by Crippen LogP contribution is -2.40. The number of nitrogens with two attached hydrogens (primary N) is 1. The smallest absolute Gasteiger partial charge is 0.277 e. The van der Waals surface area contributed by atoms with Gasteiger partial charge >= 0.3 is 0 Å². The second-order valence-corrected chi connectivity index (χ2v) is 11.1. The highest BCUT2D eigenvalue weighted by Crippen LogP contribution is 2.23. The molecule has 0 spiro atoms. The Labute approximate surface area is 269 Å². The van der Waals surface area contributed by atoms with Crippen molar-refractivity contribution in [1.82, 2.24) is 29.7 Å². The number of aryl methyl sites for hydroxylation is 3. The first-order valence-electron chi connectivity index (χ1n) is 14.3. The first kappa shape index (κ1) is 32.9. The van der Waals surface area contributed by atoms with Crippen molar-refractivity contribution >= 4 is 51.3 Å². The molecule has 0 aliphatic rings. The normalized spacial score (nSPS) is 11.9. The number of amides is 2. The third-order valence-electron chi connectivity index (χ3n) is 7.02. The molecule has 14 heteroatoms. The Balaban J connectivity index is 1.53. The molecule has 0 bridgehead atoms. The number of hydrogen-bond donors (Lipinski definition) is 4. The zero-order valence-electron chi connectivity index (χ0n) is 25.2. The summed E-state index contributed by atoms with van der Waals surface area (Å²) >= 11 is 2.15. The maximum Gasteiger partial charge on any atom is 0.277 e. The molecular formula is C30H38IN8O5+. The first-order valence-corrected chi connectivity index (χ1v) is 15.8. The van der Waals surface area contributed by atoms with Gasteiger partial charge in [0.1, 0.15) is 23.7 Å². The number of aliphatic hydroxyl groups excluding tert-OH is 1. The second kappa shape index (κ2) is 14.6. The van der Waals surface area contributed by atoms with Crippen LogP contribution in [-0.2, 0) is 35.4 Å². The van der Waals surface area contributed by atoms with Crippen LogP contribution in [0.5, 0.6) is 11.5 Å². The van der Waals surface area contributed by atoms with E-state index in [0.29, 0.717) is 40.3 Å². The van der Waals surface area contributed by atoms with Gasteiger partial charge in [-0.25, -0.2) is 19.1 Å². The molecule has 3 heterocycles. The van der Waals surface area contributed by atoms with E-state index in [1.165, 1.54) is 11.0 Å². The summed E-state index contributed by atoms with van der Waals surface area (Å²) in [6, 6.07) is 8.80. The Kier molecular flexibility index (Phi) is 10.9. The lowest BCUT2D eigenvalue weighted by molar-refractivity contribution is -0.676. The van der Waals surface area contributed by atoms with Crippen LogP contribution in [0.2, 0.25) is 0 Å². The molecule has 5 N–H and O–H groups in total. The summed E-state index contributed by atoms with van der Waals surface area (Å²) < 4.78 is 10.7. The number of benzene rings is 1. The summed E-state index contributed by atoms with van der Waals surface area (Å²) in [6.07, 6.45) is 0.778. The lowest BCUT2D eigenvalue weighted by atomic mass is 10.2. The van der Waals surface area contributed by atoms with Crippen molar-refractivity contribution in [2.24, 2.45) is 0 Å². The Morgan fingerprint density at radius 1 is 1.23 bits per heavy atom. The molecular weight excluding hydrogens is 679 g/mol. The van der Waals surface area contributed by atoms with E-state index in [9.17, 15) is 19.8 Å². The van der Waals surface area contributed by atoms with Gasteiger partial charge < -0.3 is 30.9 Å². The predicted molar refractivity (Wildman–Crippen MR) is 172 cm³/mol. The predicted octanol–water partition coefficient (Wildman–Crippen LogP) is 2.40. The number of fused-ring (bicyclic) bond motifs is 1. The molecule has 0 unspecified atom stereocenters. The average Bonchev–Trinajstić information content (AvgIpc) is 3.31. The molecule has 0 saturated heterocycles. The number of alkyl halides is 1. The number of aromatic hydroxyl groups is 1. The van der Waals surface area contributed by atoms with E-state index in [0.717, 1.165) is 16.9 Å². The average molecular weight is 718 g/mol. The molecule has 0 aliphatic carbocycles. The van der Waals surface area contributed by atoms with Crippen LogP contribution in [0.4, 0.5) is 5.82 Å². The first-order chi connectivity index (χ1) is 21.1. The number of aliphatic hydroxyl groups is 1. The molecule has 13 nitrogen and oxygen atoms in total. The number of hydrogen-bond acceptors (Lipinski definition) is 9. The number of pyridine rings is 1. The molecule has 0 aliphatic heterocycles. The van der Waals surface area contributed by atoms with Crippen molar-refractivity contribution in [2.75, 3.05) is 18.9 Å². The molecule has 4 aromatic rings. The van der Waals surface area contributed by atoms with Crippen LogP contribution >= 0.6 is 22.6 Å². The number of halogens is 1. The second-order valence-electron chi connectivity index (χ2n) is 10.3. The summed E-state index contributed by atoms with van der Waals surface area (Å²) in [5.41, 5.74) is 9.57. The number of imidazole rings is 1. The number of nitrogens with one attached hydrogen (secondary N) is 1. The molecule has 1 aromatic carbocycles. The topological polar surface area (TPSA) is 173 Å². The highest BCUT2D eigenvalue weighted by Gasteiger charge is 2.26. The van der Waals surface area contributed by atoms with Crippen LogP contribution in [0.15, 0.2) is 36.5 Å². The number of rotatable bonds is 13. The fourth-order valence-corrected chi connectivity index (χ4v) is 5.34. The van der Waals surface area contributed by atoms with Crippen molar-refractivity contribution < 1.29 is 29.1 Å². The Morgan fingerprint density at radius 3 is 2.68 bits per heavy atom. The molecule has 3 aromatic heterocycles. The van der Waals surface area contributed by atoms with E-state index in [4.69, 9.17) is 10.5 Å². The maximum absolute atomic E-state index is 13.2. The van der Waals surface area contributed by atoms with E-state index >= 15 is 0 Å². The molecule has 44 heavy (non-hydrogen) atoms. The number of nitrogen functional groups attached to an aromatic ring is 1. The van der Waals surface area contributed by atoms with Crippen molar-refractivity contribution in [3.8, 4) is 11.5 Å². The summed E-state index contributed by atoms with van der Waals surface area (Å²) in [5.74, 6) is 0.649. The van der Waals surface area contributed by atoms with Crippen LogP contribution in [0.1, 0.15) is 54.2 Å². The lowest BCUT2D eigenvalue weighted by Gasteiger charge is -2.24. The summed E-state index contributed by atoms with van der Waals surface area (Å²) in [7, 11) is 0. The monoisotopic (exact) mass is 717 g/mol. The minimum atomic E-state index is -0.780. The summed E-state index contributed by atoms with van der Waals surface area (Å²) in [6.45, 7) is 8.75. The van der Waals surface area contributed by atoms with Gasteiger partial charge in [0.05, 0.1) is 37.6 Å². The molecule has 2 amide bonds. The molecule has 0 fully saturated rings. The zero-order valence-corrected chi connectivity index (χ0v) is 27.4. The van der Waals surface area contributed by atoms with Gasteiger partial charge in [-0.05, 0) is 52.0 Å². The third kappa shape index (κ3) is 7.53. The number of nitrogens with zero attached hydrogens (tertiary/aromatic N) is 6. The van der Waals surface area contributed by atoms with E-state index in [1.807, 2.05) is 26.0 Å². The van der Waals surface area contributed by atoms with Gasteiger partial charge in [0.2, 0.25) is 0 Å². The molecule has 0 radical (unpaired) electrons. The van der Waals surface area contributed by atoms with Gasteiger partial charge in [-0.15, -0.1) is 0 Å². The van der Waals surface area contributed by atoms with Gasteiger partial charge in [-0.1, -0.05) is 22.6 Å². The van der Waals surface area contributed by atoms with E-state index in [1.54, 1.807) is 32.2 Å². The number of carbonyl (C=O) groups is 2. The van der Waals surface area contributed by atoms with Crippen molar-refractivity contribution in [3.63, 3.8) is 0 Å². The molecule has 234 valence electrons. The largest absolute Gasteiger partial charge is 0.506 e. The molecule has 1 atom stereocenters. The van der Waals surface area contributed by atoms with E-state index in [2.05, 4.69) is 52.0 Å². The summed E-state index contributed by atoms with van der Waals surface area (Å²) in [5, 5.41) is 23.2. The minimum Gasteiger partial charge on any atom is -0.506 e. The fourth-order valence-electron chi connectivity index (χ4n) is 4.98. The van der Waals surface area contributed by atoms with Crippen LogP contribution < -0.4 is 20.4 Å². The fraction of sp³-hybridized carbons (Fsp3) is 0.400. The SMILES string of the molecule is CCn1c(CNC(=O)c2nc(CI)cnc2N)[n+](CC)c2ccc(OCC(=O)N(Cc3nc(C)ccc3O)C[C@H](C)O)cc21. The van der Waals surface area contributed by atoms with E-state index in [-0.39, 0.29) is 49.4 Å². The Bertz CT molecular complexity index is 1660. The van der Waals surface area contributed by atoms with Crippen molar-refractivity contribution in [2.45, 2.75) is 64.4 Å². The maximum atomic E-state index is 13.2. The van der Waals surface area contributed by atoms with Crippen molar-refractivity contribution in [3.05, 3.63) is 65.1 Å². The zero-order chi connectivity index (χ0) is 32.0. The minimum absolute atomic E-state index is 0.0209. The summed E-state index contributed by atoms with van der Waals surface area (Å²) in [4.78, 5) is 40.4. The Hall–Kier alpha value is -4.05. The Morgan fingerprint density at radius 2 is 2.00 bits per heavy atom. The number of anilines is 1.